The second kappa shape index (κ2) is 5.42. The van der Waals surface area contributed by atoms with Crippen molar-refractivity contribution < 1.29 is 19.2 Å². The third kappa shape index (κ3) is 2.58. The molecule has 0 aromatic carbocycles. The van der Waals surface area contributed by atoms with Crippen molar-refractivity contribution in [2.24, 2.45) is 0 Å². The number of likely N-dealkylation sites (tertiary alicyclic amines) is 1. The van der Waals surface area contributed by atoms with Gasteiger partial charge in [0.2, 0.25) is 5.91 Å². The molecule has 0 unspecified atom stereocenters. The Morgan fingerprint density at radius 3 is 2.95 bits per heavy atom. The Morgan fingerprint density at radius 1 is 1.52 bits per heavy atom. The molecule has 1 amide bonds. The van der Waals surface area contributed by atoms with E-state index in [0.29, 0.717) is 38.3 Å². The number of amides is 1. The molecule has 6 nitrogen and oxygen atoms in total. The number of carbonyl (C=O) groups is 1. The summed E-state index contributed by atoms with van der Waals surface area (Å²) in [4.78, 5) is 14.3. The molecule has 3 rings (SSSR count). The van der Waals surface area contributed by atoms with Crippen LogP contribution >= 0.6 is 0 Å². The van der Waals surface area contributed by atoms with E-state index in [0.717, 1.165) is 24.1 Å². The quantitative estimate of drug-likeness (QED) is 0.880. The van der Waals surface area contributed by atoms with Crippen LogP contribution < -0.4 is 0 Å². The van der Waals surface area contributed by atoms with Gasteiger partial charge in [-0.1, -0.05) is 5.16 Å². The zero-order valence-corrected chi connectivity index (χ0v) is 12.6. The van der Waals surface area contributed by atoms with E-state index < -0.39 is 11.7 Å². The molecule has 0 aliphatic carbocycles. The van der Waals surface area contributed by atoms with E-state index in [2.05, 4.69) is 5.16 Å². The number of nitrogens with zero attached hydrogens (tertiary/aromatic N) is 2. The number of rotatable bonds is 2. The molecule has 2 atom stereocenters. The number of aliphatic hydroxyl groups is 1. The summed E-state index contributed by atoms with van der Waals surface area (Å²) >= 11 is 0. The number of carbonyl (C=O) groups excluding carboxylic acids is 1. The molecule has 21 heavy (non-hydrogen) atoms. The van der Waals surface area contributed by atoms with E-state index in [9.17, 15) is 9.90 Å². The Balaban J connectivity index is 1.71. The molecule has 3 heterocycles. The van der Waals surface area contributed by atoms with Crippen LogP contribution in [-0.4, -0.2) is 52.5 Å². The van der Waals surface area contributed by atoms with Crippen molar-refractivity contribution in [1.82, 2.24) is 10.1 Å². The number of hydrogen-bond acceptors (Lipinski definition) is 5. The van der Waals surface area contributed by atoms with E-state index in [1.165, 1.54) is 0 Å². The predicted molar refractivity (Wildman–Crippen MR) is 74.8 cm³/mol. The lowest BCUT2D eigenvalue weighted by atomic mass is 9.87. The minimum atomic E-state index is -0.549. The third-order valence-electron chi connectivity index (χ3n) is 4.73. The van der Waals surface area contributed by atoms with Crippen molar-refractivity contribution in [3.8, 4) is 0 Å². The molecule has 0 bridgehead atoms. The second-order valence-corrected chi connectivity index (χ2v) is 6.12. The number of aliphatic hydroxyl groups excluding tert-OH is 1. The zero-order valence-electron chi connectivity index (χ0n) is 12.6. The van der Waals surface area contributed by atoms with E-state index in [-0.39, 0.29) is 5.91 Å². The van der Waals surface area contributed by atoms with Gasteiger partial charge in [0.25, 0.3) is 0 Å². The van der Waals surface area contributed by atoms with Crippen LogP contribution in [0.3, 0.4) is 0 Å². The molecule has 0 saturated carbocycles. The normalized spacial score (nSPS) is 29.3. The minimum absolute atomic E-state index is 0.0474. The van der Waals surface area contributed by atoms with Gasteiger partial charge in [-0.05, 0) is 33.1 Å². The Hall–Kier alpha value is -1.40. The highest BCUT2D eigenvalue weighted by atomic mass is 16.5. The smallest absolute Gasteiger partial charge is 0.227 e. The first kappa shape index (κ1) is 14.5. The van der Waals surface area contributed by atoms with Gasteiger partial charge in [0.15, 0.2) is 0 Å². The lowest BCUT2D eigenvalue weighted by molar-refractivity contribution is -0.154. The molecule has 6 heteroatoms. The summed E-state index contributed by atoms with van der Waals surface area (Å²) < 4.78 is 10.9. The van der Waals surface area contributed by atoms with Crippen molar-refractivity contribution in [1.29, 1.82) is 0 Å². The molecule has 2 aliphatic rings. The van der Waals surface area contributed by atoms with E-state index in [1.807, 2.05) is 18.7 Å². The van der Waals surface area contributed by atoms with Gasteiger partial charge in [0.1, 0.15) is 11.4 Å². The highest BCUT2D eigenvalue weighted by Crippen LogP contribution is 2.35. The van der Waals surface area contributed by atoms with Crippen molar-refractivity contribution in [3.05, 3.63) is 17.0 Å². The van der Waals surface area contributed by atoms with Crippen LogP contribution in [0, 0.1) is 13.8 Å². The van der Waals surface area contributed by atoms with Crippen molar-refractivity contribution in [3.63, 3.8) is 0 Å². The molecule has 2 fully saturated rings. The zero-order chi connectivity index (χ0) is 15.0. The third-order valence-corrected chi connectivity index (χ3v) is 4.73. The van der Waals surface area contributed by atoms with Gasteiger partial charge in [-0.2, -0.15) is 0 Å². The van der Waals surface area contributed by atoms with Crippen LogP contribution in [0.5, 0.6) is 0 Å². The number of ether oxygens (including phenoxy) is 1. The predicted octanol–water partition coefficient (Wildman–Crippen LogP) is 0.976. The number of piperidine rings is 1. The van der Waals surface area contributed by atoms with Gasteiger partial charge in [-0.3, -0.25) is 4.79 Å². The van der Waals surface area contributed by atoms with Gasteiger partial charge in [-0.15, -0.1) is 0 Å². The monoisotopic (exact) mass is 294 g/mol. The van der Waals surface area contributed by atoms with Gasteiger partial charge in [-0.25, -0.2) is 0 Å². The summed E-state index contributed by atoms with van der Waals surface area (Å²) in [6, 6.07) is 0. The van der Waals surface area contributed by atoms with Crippen LogP contribution in [-0.2, 0) is 16.0 Å². The number of hydrogen-bond donors (Lipinski definition) is 1. The fourth-order valence-electron chi connectivity index (χ4n) is 3.39. The SMILES string of the molecule is Cc1noc(C)c1CC(=O)N1CC[C@H](O)[C@]2(CCCO2)C1. The molecule has 0 radical (unpaired) electrons. The molecule has 116 valence electrons. The van der Waals surface area contributed by atoms with Crippen LogP contribution in [0.25, 0.3) is 0 Å². The first-order chi connectivity index (χ1) is 10.0. The van der Waals surface area contributed by atoms with Gasteiger partial charge >= 0.3 is 0 Å². The summed E-state index contributed by atoms with van der Waals surface area (Å²) in [6.07, 6.45) is 2.18. The maximum Gasteiger partial charge on any atom is 0.227 e. The molecular formula is C15H22N2O4. The molecule has 1 spiro atoms. The summed E-state index contributed by atoms with van der Waals surface area (Å²) in [6.45, 7) is 5.40. The fourth-order valence-corrected chi connectivity index (χ4v) is 3.39. The first-order valence-corrected chi connectivity index (χ1v) is 7.53. The highest BCUT2D eigenvalue weighted by molar-refractivity contribution is 5.79. The Labute approximate surface area is 124 Å². The number of aromatic nitrogens is 1. The van der Waals surface area contributed by atoms with Gasteiger partial charge < -0.3 is 19.3 Å². The molecule has 2 aliphatic heterocycles. The molecule has 1 aromatic heterocycles. The minimum Gasteiger partial charge on any atom is -0.390 e. The molecule has 1 N–H and O–H groups in total. The Kier molecular flexibility index (Phi) is 3.75. The first-order valence-electron chi connectivity index (χ1n) is 7.53. The number of aryl methyl sites for hydroxylation is 2. The standard InChI is InChI=1S/C15H22N2O4/c1-10-12(11(2)21-16-10)8-14(19)17-6-4-13(18)15(9-17)5-3-7-20-15/h13,18H,3-9H2,1-2H3/t13-,15-/m0/s1. The maximum absolute atomic E-state index is 12.5. The lowest BCUT2D eigenvalue weighted by Crippen LogP contribution is -2.58. The summed E-state index contributed by atoms with van der Waals surface area (Å²) in [7, 11) is 0. The largest absolute Gasteiger partial charge is 0.390 e. The average Bonchev–Trinajstić information content (AvgIpc) is 3.05. The van der Waals surface area contributed by atoms with Crippen molar-refractivity contribution >= 4 is 5.91 Å². The fraction of sp³-hybridized carbons (Fsp3) is 0.733. The summed E-state index contributed by atoms with van der Waals surface area (Å²) in [5.41, 5.74) is 1.09. The Bertz CT molecular complexity index is 514. The topological polar surface area (TPSA) is 75.8 Å². The second-order valence-electron chi connectivity index (χ2n) is 6.12. The Morgan fingerprint density at radius 2 is 2.33 bits per heavy atom. The van der Waals surface area contributed by atoms with Crippen molar-refractivity contribution in [2.45, 2.75) is 51.2 Å². The van der Waals surface area contributed by atoms with Crippen molar-refractivity contribution in [2.75, 3.05) is 19.7 Å². The van der Waals surface area contributed by atoms with E-state index in [4.69, 9.17) is 9.26 Å². The van der Waals surface area contributed by atoms with Crippen LogP contribution in [0.4, 0.5) is 0 Å². The molecular weight excluding hydrogens is 272 g/mol. The molecule has 1 aromatic rings. The van der Waals surface area contributed by atoms with Crippen LogP contribution in [0.1, 0.15) is 36.3 Å². The van der Waals surface area contributed by atoms with Gasteiger partial charge in [0.05, 0.1) is 24.8 Å². The van der Waals surface area contributed by atoms with Crippen LogP contribution in [0.15, 0.2) is 4.52 Å². The van der Waals surface area contributed by atoms with Gasteiger partial charge in [0, 0.05) is 18.7 Å². The highest BCUT2D eigenvalue weighted by Gasteiger charge is 2.47. The summed E-state index contributed by atoms with van der Waals surface area (Å²) in [5.74, 6) is 0.746. The lowest BCUT2D eigenvalue weighted by Gasteiger charge is -2.43. The van der Waals surface area contributed by atoms with E-state index >= 15 is 0 Å². The molecule has 2 saturated heterocycles. The summed E-state index contributed by atoms with van der Waals surface area (Å²) in [5, 5.41) is 14.1. The van der Waals surface area contributed by atoms with E-state index in [1.54, 1.807) is 0 Å². The average molecular weight is 294 g/mol. The van der Waals surface area contributed by atoms with Crippen LogP contribution in [0.2, 0.25) is 0 Å². The maximum atomic E-state index is 12.5.